The molecule has 0 spiro atoms. The van der Waals surface area contributed by atoms with Gasteiger partial charge in [0.25, 0.3) is 0 Å². The van der Waals surface area contributed by atoms with E-state index in [9.17, 15) is 35.4 Å². The molecular weight excluding hydrogens is 922 g/mol. The zero-order valence-corrected chi connectivity index (χ0v) is 31.6. The van der Waals surface area contributed by atoms with E-state index in [1.807, 2.05) is 0 Å². The Hall–Kier alpha value is 1.03. The predicted molar refractivity (Wildman–Crippen MR) is 127 cm³/mol. The van der Waals surface area contributed by atoms with Crippen LogP contribution in [-0.2, 0) is 9.47 Å². The number of esters is 1. The topological polar surface area (TPSA) is 157 Å². The van der Waals surface area contributed by atoms with Crippen LogP contribution in [0.25, 0.3) is 0 Å². The molecule has 1 aromatic rings. The van der Waals surface area contributed by atoms with Gasteiger partial charge in [-0.3, -0.25) is 0 Å². The minimum absolute atomic E-state index is 0. The first kappa shape index (κ1) is 33.5. The molecule has 9 nitrogen and oxygen atoms in total. The summed E-state index contributed by atoms with van der Waals surface area (Å²) in [6.45, 7) is 6.34. The molecule has 2 saturated carbocycles. The molecule has 204 valence electrons. The van der Waals surface area contributed by atoms with Gasteiger partial charge in [-0.2, -0.15) is 0 Å². The van der Waals surface area contributed by atoms with Gasteiger partial charge in [0.2, 0.25) is 0 Å². The molecule has 3 fully saturated rings. The van der Waals surface area contributed by atoms with Gasteiger partial charge in [0.1, 0.15) is 23.4 Å². The third kappa shape index (κ3) is 4.53. The monoisotopic (exact) mass is 958 g/mol. The van der Waals surface area contributed by atoms with E-state index in [0.717, 1.165) is 0 Å². The van der Waals surface area contributed by atoms with E-state index in [4.69, 9.17) is 9.47 Å². The Morgan fingerprint density at radius 3 is 2.18 bits per heavy atom. The maximum Gasteiger partial charge on any atom is 0.338 e. The molecule has 5 rings (SSSR count). The Labute approximate surface area is 294 Å². The maximum absolute atomic E-state index is 13.4. The Morgan fingerprint density at radius 1 is 1.03 bits per heavy atom. The number of carbonyl (C=O) groups is 1. The van der Waals surface area contributed by atoms with Gasteiger partial charge >= 0.3 is 5.97 Å². The summed E-state index contributed by atoms with van der Waals surface area (Å²) < 4.78 is 11.6. The normalized spacial score (nSPS) is 45.1. The van der Waals surface area contributed by atoms with Gasteiger partial charge in [-0.25, -0.2) is 4.79 Å². The Balaban J connectivity index is 0.00000200. The van der Waals surface area contributed by atoms with E-state index in [1.54, 1.807) is 51.1 Å². The fourth-order valence-electron chi connectivity index (χ4n) is 7.49. The van der Waals surface area contributed by atoms with Crippen LogP contribution in [0.3, 0.4) is 0 Å². The first-order valence-corrected chi connectivity index (χ1v) is 12.5. The summed E-state index contributed by atoms with van der Waals surface area (Å²) in [5.41, 5.74) is -5.70. The number of aliphatic hydroxyl groups excluding tert-OH is 4. The van der Waals surface area contributed by atoms with Crippen LogP contribution in [0.15, 0.2) is 41.5 Å². The summed E-state index contributed by atoms with van der Waals surface area (Å²) in [7, 11) is 0. The summed E-state index contributed by atoms with van der Waals surface area (Å²) in [5.74, 6) is -1.99. The Kier molecular flexibility index (Phi) is 9.95. The van der Waals surface area contributed by atoms with Crippen LogP contribution < -0.4 is 0 Å². The molecule has 2 radical (unpaired) electrons. The second-order valence-corrected chi connectivity index (χ2v) is 11.8. The van der Waals surface area contributed by atoms with E-state index in [0.29, 0.717) is 5.57 Å². The number of fused-ring (bicyclic) bond motifs is 5. The van der Waals surface area contributed by atoms with Gasteiger partial charge in [0, 0.05) is 118 Å². The summed E-state index contributed by atoms with van der Waals surface area (Å²) in [5, 5.41) is 69.8. The third-order valence-corrected chi connectivity index (χ3v) is 9.87. The molecule has 1 aliphatic heterocycles. The van der Waals surface area contributed by atoms with Crippen molar-refractivity contribution in [1.29, 1.82) is 0 Å². The zero-order chi connectivity index (χ0) is 26.4. The van der Waals surface area contributed by atoms with Crippen molar-refractivity contribution in [3.05, 3.63) is 47.0 Å². The van der Waals surface area contributed by atoms with Crippen LogP contribution in [0, 0.1) is 105 Å². The van der Waals surface area contributed by atoms with Crippen LogP contribution in [0.5, 0.6) is 0 Å². The fourth-order valence-corrected chi connectivity index (χ4v) is 7.49. The molecule has 1 saturated heterocycles. The Morgan fingerprint density at radius 2 is 1.63 bits per heavy atom. The largest absolute Gasteiger partial charge is 0.455 e. The summed E-state index contributed by atoms with van der Waals surface area (Å²) in [6, 6.07) is 8.19. The third-order valence-electron chi connectivity index (χ3n) is 9.87. The van der Waals surface area contributed by atoms with Crippen molar-refractivity contribution in [3.63, 3.8) is 0 Å². The molecule has 10 atom stereocenters. The van der Waals surface area contributed by atoms with Crippen molar-refractivity contribution in [2.24, 2.45) is 16.7 Å². The van der Waals surface area contributed by atoms with E-state index in [-0.39, 0.29) is 119 Å². The smallest absolute Gasteiger partial charge is 0.338 e. The number of hydrogen-bond donors (Lipinski definition) is 6. The van der Waals surface area contributed by atoms with Crippen LogP contribution in [-0.4, -0.2) is 91.0 Å². The average molecular weight is 959 g/mol. The van der Waals surface area contributed by atoms with Gasteiger partial charge < -0.3 is 40.1 Å². The van der Waals surface area contributed by atoms with Crippen molar-refractivity contribution in [2.45, 2.75) is 88.4 Å². The number of ether oxygens (including phenoxy) is 2. The van der Waals surface area contributed by atoms with Crippen LogP contribution in [0.2, 0.25) is 0 Å². The molecule has 0 amide bonds. The molecular formula is C27H36Ac2O9. The molecule has 4 aliphatic rings. The second-order valence-electron chi connectivity index (χ2n) is 11.8. The number of hydrogen-bond acceptors (Lipinski definition) is 9. The van der Waals surface area contributed by atoms with Gasteiger partial charge in [0.05, 0.1) is 36.6 Å². The fraction of sp³-hybridized carbons (Fsp3) is 0.667. The van der Waals surface area contributed by atoms with E-state index in [2.05, 4.69) is 0 Å². The maximum atomic E-state index is 13.4. The molecule has 1 heterocycles. The first-order chi connectivity index (χ1) is 16.7. The van der Waals surface area contributed by atoms with Crippen molar-refractivity contribution in [2.75, 3.05) is 6.61 Å². The van der Waals surface area contributed by atoms with Gasteiger partial charge in [0.15, 0.2) is 0 Å². The molecule has 2 bridgehead atoms. The standard InChI is InChI=1S/C27H36O9.2Ac/c1-13-15(28)11-27(34)22(36-23(32)14-8-6-5-7-9-14)20-25(4,16(29)10-17-26(20,33)12-35-17)21(31)19(30)18(13)24(27,2)3;;/h5-9,15-17,19-22,28-31,33-34H,10-12H2,1-4H3;;/t15?,16?,17?,19?,20?,21?,22?,25-,26?,27?;;/m1../s1. The molecule has 11 heteroatoms. The molecule has 6 N–H and O–H groups in total. The van der Waals surface area contributed by atoms with E-state index in [1.165, 1.54) is 6.92 Å². The number of rotatable bonds is 2. The minimum atomic E-state index is -1.98. The first-order valence-electron chi connectivity index (χ1n) is 12.5. The Bertz CT molecular complexity index is 1100. The van der Waals surface area contributed by atoms with Crippen molar-refractivity contribution in [3.8, 4) is 0 Å². The summed E-state index contributed by atoms with van der Waals surface area (Å²) in [4.78, 5) is 13.4. The minimum Gasteiger partial charge on any atom is -0.455 e. The van der Waals surface area contributed by atoms with Crippen molar-refractivity contribution >= 4 is 5.97 Å². The SMILES string of the molecule is CC1=C2C(O)C(O)[C@]3(C)C(O)CC4OCC4(O)C3C(OC(=O)c3ccccc3)C(O)(CC1O)C2(C)C.[Ac].[Ac]. The average Bonchev–Trinajstić information content (AvgIpc) is 2.83. The zero-order valence-electron chi connectivity index (χ0n) is 22.1. The quantitative estimate of drug-likeness (QED) is 0.182. The van der Waals surface area contributed by atoms with Crippen LogP contribution in [0.1, 0.15) is 50.9 Å². The van der Waals surface area contributed by atoms with Crippen molar-refractivity contribution < 1.29 is 133 Å². The van der Waals surface area contributed by atoms with Gasteiger partial charge in [-0.05, 0) is 30.2 Å². The number of carbonyl (C=O) groups excluding carboxylic acids is 1. The van der Waals surface area contributed by atoms with E-state index >= 15 is 0 Å². The molecule has 3 aliphatic carbocycles. The van der Waals surface area contributed by atoms with Gasteiger partial charge in [-0.1, -0.05) is 39.0 Å². The number of aliphatic hydroxyl groups is 6. The molecule has 38 heavy (non-hydrogen) atoms. The van der Waals surface area contributed by atoms with Crippen LogP contribution >= 0.6 is 0 Å². The predicted octanol–water partition coefficient (Wildman–Crippen LogP) is 0.303. The molecule has 1 aromatic carbocycles. The number of benzene rings is 1. The molecule has 9 unspecified atom stereocenters. The summed E-state index contributed by atoms with van der Waals surface area (Å²) in [6.07, 6.45) is -8.16. The van der Waals surface area contributed by atoms with Gasteiger partial charge in [-0.15, -0.1) is 0 Å². The van der Waals surface area contributed by atoms with Crippen LogP contribution in [0.4, 0.5) is 0 Å². The second kappa shape index (κ2) is 11.3. The molecule has 0 aromatic heterocycles. The summed E-state index contributed by atoms with van der Waals surface area (Å²) >= 11 is 0. The van der Waals surface area contributed by atoms with Crippen molar-refractivity contribution in [1.82, 2.24) is 0 Å². The van der Waals surface area contributed by atoms with E-state index < -0.39 is 70.5 Å².